The third-order valence-corrected chi connectivity index (χ3v) is 1.62. The van der Waals surface area contributed by atoms with Crippen LogP contribution in [-0.2, 0) is 0 Å². The molecule has 0 amide bonds. The molecule has 1 aromatic carbocycles. The molecule has 1 aromatic rings. The molecule has 0 aliphatic rings. The minimum Gasteiger partial charge on any atom is -0.309 e. The molecule has 1 nitrogen and oxygen atoms in total. The standard InChI is InChI=1S/C9H7F2N/c1-6(12-2)7-3-4-8(10)9(11)5-7/h3-6H,1H3. The maximum Gasteiger partial charge on any atom is 0.246 e. The van der Waals surface area contributed by atoms with Crippen molar-refractivity contribution < 1.29 is 8.78 Å². The summed E-state index contributed by atoms with van der Waals surface area (Å²) in [7, 11) is 0. The van der Waals surface area contributed by atoms with E-state index in [0.29, 0.717) is 5.56 Å². The molecule has 0 bridgehead atoms. The van der Waals surface area contributed by atoms with Crippen LogP contribution in [0.15, 0.2) is 18.2 Å². The molecule has 1 unspecified atom stereocenters. The molecule has 0 saturated carbocycles. The minimum atomic E-state index is -0.900. The largest absolute Gasteiger partial charge is 0.309 e. The number of rotatable bonds is 1. The second-order valence-corrected chi connectivity index (χ2v) is 2.48. The molecule has 1 rings (SSSR count). The van der Waals surface area contributed by atoms with E-state index in [1.54, 1.807) is 6.92 Å². The molecule has 0 saturated heterocycles. The first-order valence-corrected chi connectivity index (χ1v) is 3.46. The van der Waals surface area contributed by atoms with Gasteiger partial charge in [-0.2, -0.15) is 0 Å². The van der Waals surface area contributed by atoms with Gasteiger partial charge in [0.2, 0.25) is 6.04 Å². The van der Waals surface area contributed by atoms with Crippen molar-refractivity contribution in [2.75, 3.05) is 0 Å². The summed E-state index contributed by atoms with van der Waals surface area (Å²) in [6, 6.07) is 3.09. The highest BCUT2D eigenvalue weighted by atomic mass is 19.2. The Hall–Kier alpha value is -1.43. The van der Waals surface area contributed by atoms with E-state index in [1.165, 1.54) is 6.07 Å². The molecule has 62 valence electrons. The summed E-state index contributed by atoms with van der Waals surface area (Å²) in [5, 5.41) is 0. The second-order valence-electron chi connectivity index (χ2n) is 2.48. The zero-order valence-electron chi connectivity index (χ0n) is 6.51. The Labute approximate surface area is 69.5 Å². The zero-order valence-corrected chi connectivity index (χ0v) is 6.51. The summed E-state index contributed by atoms with van der Waals surface area (Å²) in [4.78, 5) is 3.19. The third kappa shape index (κ3) is 1.59. The van der Waals surface area contributed by atoms with Crippen LogP contribution < -0.4 is 0 Å². The zero-order chi connectivity index (χ0) is 9.14. The lowest BCUT2D eigenvalue weighted by Crippen LogP contribution is -1.90. The number of hydrogen-bond acceptors (Lipinski definition) is 0. The normalized spacial score (nSPS) is 12.2. The van der Waals surface area contributed by atoms with Gasteiger partial charge >= 0.3 is 0 Å². The first-order chi connectivity index (χ1) is 5.65. The van der Waals surface area contributed by atoms with E-state index in [-0.39, 0.29) is 0 Å². The van der Waals surface area contributed by atoms with Gasteiger partial charge in [0.15, 0.2) is 11.6 Å². The van der Waals surface area contributed by atoms with Crippen molar-refractivity contribution in [1.29, 1.82) is 0 Å². The molecule has 0 fully saturated rings. The highest BCUT2D eigenvalue weighted by Crippen LogP contribution is 2.18. The SMILES string of the molecule is [C-]#[N+]C(C)c1ccc(F)c(F)c1. The fourth-order valence-corrected chi connectivity index (χ4v) is 0.847. The van der Waals surface area contributed by atoms with Crippen LogP contribution in [-0.4, -0.2) is 0 Å². The van der Waals surface area contributed by atoms with Gasteiger partial charge in [-0.05, 0) is 18.2 Å². The van der Waals surface area contributed by atoms with E-state index < -0.39 is 17.7 Å². The molecule has 1 atom stereocenters. The lowest BCUT2D eigenvalue weighted by molar-refractivity contribution is 0.506. The van der Waals surface area contributed by atoms with E-state index in [0.717, 1.165) is 12.1 Å². The van der Waals surface area contributed by atoms with E-state index in [2.05, 4.69) is 4.85 Å². The van der Waals surface area contributed by atoms with Crippen molar-refractivity contribution in [3.05, 3.63) is 46.8 Å². The van der Waals surface area contributed by atoms with Crippen molar-refractivity contribution in [1.82, 2.24) is 0 Å². The lowest BCUT2D eigenvalue weighted by Gasteiger charge is -1.99. The highest BCUT2D eigenvalue weighted by Gasteiger charge is 2.10. The van der Waals surface area contributed by atoms with E-state index in [9.17, 15) is 8.78 Å². The number of halogens is 2. The van der Waals surface area contributed by atoms with Gasteiger partial charge in [-0.3, -0.25) is 0 Å². The van der Waals surface area contributed by atoms with Crippen LogP contribution in [0.4, 0.5) is 8.78 Å². The Kier molecular flexibility index (Phi) is 2.39. The third-order valence-electron chi connectivity index (χ3n) is 1.62. The molecule has 3 heteroatoms. The Balaban J connectivity index is 3.06. The van der Waals surface area contributed by atoms with Crippen molar-refractivity contribution in [2.24, 2.45) is 0 Å². The molecule has 0 aromatic heterocycles. The molecule has 0 radical (unpaired) electrons. The maximum atomic E-state index is 12.6. The fourth-order valence-electron chi connectivity index (χ4n) is 0.847. The Morgan fingerprint density at radius 3 is 2.50 bits per heavy atom. The monoisotopic (exact) mass is 167 g/mol. The summed E-state index contributed by atoms with van der Waals surface area (Å²) in [5.41, 5.74) is 0.504. The van der Waals surface area contributed by atoms with E-state index >= 15 is 0 Å². The highest BCUT2D eigenvalue weighted by molar-refractivity contribution is 5.22. The Morgan fingerprint density at radius 1 is 1.33 bits per heavy atom. The summed E-state index contributed by atoms with van der Waals surface area (Å²) < 4.78 is 25.0. The summed E-state index contributed by atoms with van der Waals surface area (Å²) >= 11 is 0. The van der Waals surface area contributed by atoms with Gasteiger partial charge in [-0.1, -0.05) is 0 Å². The quantitative estimate of drug-likeness (QED) is 0.566. The number of nitrogens with zero attached hydrogens (tertiary/aromatic N) is 1. The minimum absolute atomic E-state index is 0.417. The lowest BCUT2D eigenvalue weighted by atomic mass is 10.1. The van der Waals surface area contributed by atoms with Gasteiger partial charge in [0, 0.05) is 12.5 Å². The van der Waals surface area contributed by atoms with Crippen LogP contribution >= 0.6 is 0 Å². The van der Waals surface area contributed by atoms with Crippen LogP contribution in [0.1, 0.15) is 18.5 Å². The van der Waals surface area contributed by atoms with Crippen LogP contribution in [0.25, 0.3) is 4.85 Å². The summed E-state index contributed by atoms with van der Waals surface area (Å²) in [6.45, 7) is 8.32. The van der Waals surface area contributed by atoms with Crippen LogP contribution in [0.5, 0.6) is 0 Å². The predicted octanol–water partition coefficient (Wildman–Crippen LogP) is 2.95. The van der Waals surface area contributed by atoms with Gasteiger partial charge < -0.3 is 4.85 Å². The molecular formula is C9H7F2N. The van der Waals surface area contributed by atoms with Crippen molar-refractivity contribution >= 4 is 0 Å². The molecule has 0 aliphatic heterocycles. The molecule has 0 spiro atoms. The molecule has 0 aliphatic carbocycles. The Bertz CT molecular complexity index is 328. The Morgan fingerprint density at radius 2 is 2.00 bits per heavy atom. The van der Waals surface area contributed by atoms with Gasteiger partial charge in [0.05, 0.1) is 0 Å². The van der Waals surface area contributed by atoms with Gasteiger partial charge in [-0.25, -0.2) is 15.4 Å². The second kappa shape index (κ2) is 3.31. The molecule has 0 N–H and O–H groups in total. The van der Waals surface area contributed by atoms with Gasteiger partial charge in [0.1, 0.15) is 0 Å². The van der Waals surface area contributed by atoms with Gasteiger partial charge in [-0.15, -0.1) is 0 Å². The van der Waals surface area contributed by atoms with E-state index in [4.69, 9.17) is 6.57 Å². The maximum absolute atomic E-state index is 12.6. The smallest absolute Gasteiger partial charge is 0.246 e. The topological polar surface area (TPSA) is 4.36 Å². The van der Waals surface area contributed by atoms with Gasteiger partial charge in [0.25, 0.3) is 0 Å². The first kappa shape index (κ1) is 8.66. The first-order valence-electron chi connectivity index (χ1n) is 3.46. The number of benzene rings is 1. The predicted molar refractivity (Wildman–Crippen MR) is 41.4 cm³/mol. The van der Waals surface area contributed by atoms with E-state index in [1.807, 2.05) is 0 Å². The fraction of sp³-hybridized carbons (Fsp3) is 0.222. The average molecular weight is 167 g/mol. The van der Waals surface area contributed by atoms with Crippen LogP contribution in [0.3, 0.4) is 0 Å². The van der Waals surface area contributed by atoms with Crippen molar-refractivity contribution in [2.45, 2.75) is 13.0 Å². The van der Waals surface area contributed by atoms with Crippen LogP contribution in [0.2, 0.25) is 0 Å². The van der Waals surface area contributed by atoms with Crippen molar-refractivity contribution in [3.63, 3.8) is 0 Å². The number of hydrogen-bond donors (Lipinski definition) is 0. The molecule has 0 heterocycles. The summed E-state index contributed by atoms with van der Waals surface area (Å²) in [5.74, 6) is -1.78. The molecule has 12 heavy (non-hydrogen) atoms. The van der Waals surface area contributed by atoms with Crippen LogP contribution in [0, 0.1) is 18.2 Å². The summed E-state index contributed by atoms with van der Waals surface area (Å²) in [6.07, 6.45) is 0. The van der Waals surface area contributed by atoms with Crippen molar-refractivity contribution in [3.8, 4) is 0 Å². The average Bonchev–Trinajstić information content (AvgIpc) is 2.08. The molecular weight excluding hydrogens is 160 g/mol.